The Kier molecular flexibility index (Phi) is 14.2. The molecule has 3 aliphatic rings. The van der Waals surface area contributed by atoms with Crippen LogP contribution in [0.3, 0.4) is 0 Å². The highest BCUT2D eigenvalue weighted by molar-refractivity contribution is 5.44. The van der Waals surface area contributed by atoms with E-state index >= 15 is 0 Å². The van der Waals surface area contributed by atoms with E-state index in [0.717, 1.165) is 36.6 Å². The van der Waals surface area contributed by atoms with Crippen LogP contribution in [0, 0.1) is 17.8 Å². The molecule has 5 nitrogen and oxygen atoms in total. The summed E-state index contributed by atoms with van der Waals surface area (Å²) in [5.41, 5.74) is 1.37. The van der Waals surface area contributed by atoms with Crippen molar-refractivity contribution in [1.82, 2.24) is 19.6 Å². The van der Waals surface area contributed by atoms with Crippen molar-refractivity contribution in [2.24, 2.45) is 17.8 Å². The molecule has 202 valence electrons. The highest BCUT2D eigenvalue weighted by atomic mass is 16.1. The second-order valence-electron chi connectivity index (χ2n) is 12.1. The molecular formula is C30H56N4O. The molecule has 4 rings (SSSR count). The lowest BCUT2D eigenvalue weighted by Gasteiger charge is -2.41. The predicted molar refractivity (Wildman–Crippen MR) is 149 cm³/mol. The summed E-state index contributed by atoms with van der Waals surface area (Å²) in [6.45, 7) is 20.2. The highest BCUT2D eigenvalue weighted by Crippen LogP contribution is 2.28. The topological polar surface area (TPSA) is 41.4 Å². The number of piperidine rings is 2. The molecule has 0 unspecified atom stereocenters. The number of aromatic nitrogens is 2. The zero-order valence-corrected chi connectivity index (χ0v) is 23.9. The normalized spacial score (nSPS) is 21.4. The minimum absolute atomic E-state index is 0.583. The van der Waals surface area contributed by atoms with Crippen molar-refractivity contribution in [1.29, 1.82) is 0 Å². The van der Waals surface area contributed by atoms with E-state index in [-0.39, 0.29) is 0 Å². The monoisotopic (exact) mass is 488 g/mol. The van der Waals surface area contributed by atoms with E-state index < -0.39 is 0 Å². The number of rotatable bonds is 6. The van der Waals surface area contributed by atoms with Crippen molar-refractivity contribution in [3.8, 4) is 0 Å². The average molecular weight is 489 g/mol. The van der Waals surface area contributed by atoms with Crippen LogP contribution in [0.15, 0.2) is 12.4 Å². The van der Waals surface area contributed by atoms with E-state index in [4.69, 9.17) is 4.79 Å². The molecule has 3 fully saturated rings. The van der Waals surface area contributed by atoms with Gasteiger partial charge in [-0.2, -0.15) is 5.10 Å². The Labute approximate surface area is 217 Å². The van der Waals surface area contributed by atoms with Gasteiger partial charge in [0.1, 0.15) is 6.29 Å². The number of carbonyl (C=O) groups excluding carboxylic acids is 1. The fourth-order valence-electron chi connectivity index (χ4n) is 5.71. The van der Waals surface area contributed by atoms with E-state index in [0.29, 0.717) is 5.92 Å². The van der Waals surface area contributed by atoms with Crippen LogP contribution in [0.25, 0.3) is 0 Å². The molecule has 3 heterocycles. The Bertz CT molecular complexity index is 661. The molecule has 2 saturated heterocycles. The van der Waals surface area contributed by atoms with Crippen LogP contribution in [0.1, 0.15) is 111 Å². The minimum Gasteiger partial charge on any atom is -0.304 e. The third kappa shape index (κ3) is 11.6. The summed E-state index contributed by atoms with van der Waals surface area (Å²) in [5, 5.41) is 4.59. The first kappa shape index (κ1) is 30.0. The Morgan fingerprint density at radius 2 is 1.37 bits per heavy atom. The zero-order chi connectivity index (χ0) is 25.6. The number of carbonyl (C=O) groups is 1. The molecule has 0 spiro atoms. The van der Waals surface area contributed by atoms with Crippen LogP contribution in [-0.2, 0) is 11.3 Å². The summed E-state index contributed by atoms with van der Waals surface area (Å²) >= 11 is 0. The largest absolute Gasteiger partial charge is 0.304 e. The van der Waals surface area contributed by atoms with Gasteiger partial charge in [-0.3, -0.25) is 4.68 Å². The van der Waals surface area contributed by atoms with Crippen LogP contribution in [-0.4, -0.2) is 64.6 Å². The minimum atomic E-state index is 0.583. The summed E-state index contributed by atoms with van der Waals surface area (Å²) in [4.78, 5) is 14.4. The lowest BCUT2D eigenvalue weighted by atomic mass is 9.89. The van der Waals surface area contributed by atoms with Crippen molar-refractivity contribution >= 4 is 6.29 Å². The summed E-state index contributed by atoms with van der Waals surface area (Å²) in [7, 11) is 0. The van der Waals surface area contributed by atoms with Crippen molar-refractivity contribution < 1.29 is 4.79 Å². The van der Waals surface area contributed by atoms with Crippen LogP contribution in [0.2, 0.25) is 0 Å². The summed E-state index contributed by atoms with van der Waals surface area (Å²) in [5.74, 6) is 3.17. The molecule has 0 atom stereocenters. The SMILES string of the molecule is CC(C)C.CC(C)c1cnn(CC2CCN(CC3CCN(C4CCCCC4)CC3)CC2)c1.CC=O. The Balaban J connectivity index is 0.000000551. The number of aldehydes is 1. The van der Waals surface area contributed by atoms with Gasteiger partial charge in [-0.05, 0) is 101 Å². The lowest BCUT2D eigenvalue weighted by Crippen LogP contribution is -2.45. The van der Waals surface area contributed by atoms with Gasteiger partial charge in [0, 0.05) is 25.3 Å². The Hall–Kier alpha value is -1.20. The summed E-state index contributed by atoms with van der Waals surface area (Å²) in [6, 6.07) is 0.920. The molecule has 0 aromatic carbocycles. The molecule has 5 heteroatoms. The van der Waals surface area contributed by atoms with Gasteiger partial charge in [0.2, 0.25) is 0 Å². The quantitative estimate of drug-likeness (QED) is 0.421. The zero-order valence-electron chi connectivity index (χ0n) is 23.9. The molecule has 2 aliphatic heterocycles. The number of likely N-dealkylation sites (tertiary alicyclic amines) is 2. The van der Waals surface area contributed by atoms with Gasteiger partial charge in [0.15, 0.2) is 0 Å². The molecule has 1 saturated carbocycles. The first-order valence-corrected chi connectivity index (χ1v) is 14.7. The molecule has 0 N–H and O–H groups in total. The van der Waals surface area contributed by atoms with Gasteiger partial charge >= 0.3 is 0 Å². The first-order valence-electron chi connectivity index (χ1n) is 14.7. The molecule has 1 aromatic rings. The number of hydrogen-bond acceptors (Lipinski definition) is 4. The fourth-order valence-corrected chi connectivity index (χ4v) is 5.71. The van der Waals surface area contributed by atoms with Crippen molar-refractivity contribution in [3.63, 3.8) is 0 Å². The van der Waals surface area contributed by atoms with Gasteiger partial charge in [-0.25, -0.2) is 0 Å². The van der Waals surface area contributed by atoms with E-state index in [1.807, 2.05) is 0 Å². The molecule has 35 heavy (non-hydrogen) atoms. The molecule has 1 aliphatic carbocycles. The third-order valence-corrected chi connectivity index (χ3v) is 7.73. The molecule has 1 aromatic heterocycles. The van der Waals surface area contributed by atoms with Gasteiger partial charge in [-0.1, -0.05) is 53.9 Å². The molecule has 0 radical (unpaired) electrons. The average Bonchev–Trinajstić information content (AvgIpc) is 3.31. The van der Waals surface area contributed by atoms with Crippen LogP contribution < -0.4 is 0 Å². The highest BCUT2D eigenvalue weighted by Gasteiger charge is 2.28. The molecule has 0 amide bonds. The standard InChI is InChI=1S/C24H42N4.C4H10.C2H4O/c1-20(2)23-16-25-28(19-23)18-22-8-12-26(13-9-22)17-21-10-14-27(15-11-21)24-6-4-3-5-7-24;1-4(2)3;1-2-3/h16,19-22,24H,3-15,17-18H2,1-2H3;4H,1-3H3;2H,1H3. The smallest absolute Gasteiger partial charge is 0.116 e. The fraction of sp³-hybridized carbons (Fsp3) is 0.867. The second-order valence-corrected chi connectivity index (χ2v) is 12.1. The molecule has 0 bridgehead atoms. The van der Waals surface area contributed by atoms with Crippen molar-refractivity contribution in [2.45, 2.75) is 118 Å². The maximum atomic E-state index is 8.81. The Morgan fingerprint density at radius 1 is 0.857 bits per heavy atom. The second kappa shape index (κ2) is 16.5. The third-order valence-electron chi connectivity index (χ3n) is 7.73. The van der Waals surface area contributed by atoms with Crippen LogP contribution in [0.5, 0.6) is 0 Å². The first-order chi connectivity index (χ1) is 16.8. The lowest BCUT2D eigenvalue weighted by molar-refractivity contribution is -0.106. The van der Waals surface area contributed by atoms with Crippen molar-refractivity contribution in [2.75, 3.05) is 32.7 Å². The van der Waals surface area contributed by atoms with Gasteiger partial charge in [0.05, 0.1) is 6.20 Å². The Morgan fingerprint density at radius 3 is 1.89 bits per heavy atom. The van der Waals surface area contributed by atoms with E-state index in [1.54, 1.807) is 0 Å². The summed E-state index contributed by atoms with van der Waals surface area (Å²) < 4.78 is 2.19. The maximum Gasteiger partial charge on any atom is 0.116 e. The van der Waals surface area contributed by atoms with Crippen LogP contribution >= 0.6 is 0 Å². The van der Waals surface area contributed by atoms with Gasteiger partial charge < -0.3 is 14.6 Å². The van der Waals surface area contributed by atoms with Gasteiger partial charge in [-0.15, -0.1) is 0 Å². The predicted octanol–water partition coefficient (Wildman–Crippen LogP) is 6.63. The van der Waals surface area contributed by atoms with Crippen LogP contribution in [0.4, 0.5) is 0 Å². The van der Waals surface area contributed by atoms with Crippen molar-refractivity contribution in [3.05, 3.63) is 18.0 Å². The number of hydrogen-bond donors (Lipinski definition) is 0. The van der Waals surface area contributed by atoms with E-state index in [9.17, 15) is 0 Å². The van der Waals surface area contributed by atoms with E-state index in [2.05, 4.69) is 66.6 Å². The van der Waals surface area contributed by atoms with E-state index in [1.165, 1.54) is 103 Å². The maximum absolute atomic E-state index is 8.81. The summed E-state index contributed by atoms with van der Waals surface area (Å²) in [6.07, 6.45) is 18.0. The number of nitrogens with zero attached hydrogens (tertiary/aromatic N) is 4. The van der Waals surface area contributed by atoms with Gasteiger partial charge in [0.25, 0.3) is 0 Å². The molecular weight excluding hydrogens is 432 g/mol.